The number of nitrogens with zero attached hydrogens (tertiary/aromatic N) is 2. The van der Waals surface area contributed by atoms with Crippen LogP contribution in [0, 0.1) is 0 Å². The molecular formula is C29H42N2O. The van der Waals surface area contributed by atoms with E-state index in [2.05, 4.69) is 72.4 Å². The summed E-state index contributed by atoms with van der Waals surface area (Å²) in [5.41, 5.74) is 3.33. The lowest BCUT2D eigenvalue weighted by atomic mass is 10.1. The van der Waals surface area contributed by atoms with Crippen molar-refractivity contribution in [3.8, 4) is 11.4 Å². The minimum atomic E-state index is 0.346. The van der Waals surface area contributed by atoms with Crippen molar-refractivity contribution in [1.82, 2.24) is 9.97 Å². The average molecular weight is 435 g/mol. The van der Waals surface area contributed by atoms with Gasteiger partial charge in [-0.25, -0.2) is 9.97 Å². The average Bonchev–Trinajstić information content (AvgIpc) is 2.82. The van der Waals surface area contributed by atoms with Crippen molar-refractivity contribution in [2.24, 2.45) is 0 Å². The molecule has 0 saturated heterocycles. The fourth-order valence-electron chi connectivity index (χ4n) is 3.69. The van der Waals surface area contributed by atoms with Crippen molar-refractivity contribution in [2.45, 2.75) is 91.1 Å². The third-order valence-electron chi connectivity index (χ3n) is 5.62. The maximum Gasteiger partial charge on any atom is 0.159 e. The largest absolute Gasteiger partial charge is 0.379 e. The molecule has 1 aromatic carbocycles. The molecule has 2 rings (SSSR count). The van der Waals surface area contributed by atoms with E-state index in [9.17, 15) is 0 Å². The predicted molar refractivity (Wildman–Crippen MR) is 138 cm³/mol. The van der Waals surface area contributed by atoms with Gasteiger partial charge in [0.25, 0.3) is 0 Å². The first kappa shape index (κ1) is 26.0. The van der Waals surface area contributed by atoms with Gasteiger partial charge in [-0.15, -0.1) is 0 Å². The summed E-state index contributed by atoms with van der Waals surface area (Å²) in [6.07, 6.45) is 25.5. The fourth-order valence-corrected chi connectivity index (χ4v) is 3.69. The van der Waals surface area contributed by atoms with Crippen LogP contribution in [0.1, 0.15) is 96.1 Å². The standard InChI is InChI=1S/C29H42N2O/c1-4-6-7-8-9-10-11-14-17-26-19-21-28(22-20-26)29-30-23-27(24-31-29)18-15-12-13-16-25(3)32-5-2/h14-15,17-25H,4-13,16H2,1-3H3. The van der Waals surface area contributed by atoms with E-state index >= 15 is 0 Å². The van der Waals surface area contributed by atoms with Crippen LogP contribution in [0.2, 0.25) is 0 Å². The van der Waals surface area contributed by atoms with Crippen molar-refractivity contribution in [3.05, 3.63) is 59.9 Å². The molecule has 2 aromatic rings. The van der Waals surface area contributed by atoms with Crippen LogP contribution in [0.5, 0.6) is 0 Å². The van der Waals surface area contributed by atoms with E-state index in [0.29, 0.717) is 6.10 Å². The summed E-state index contributed by atoms with van der Waals surface area (Å²) in [5.74, 6) is 0.773. The number of hydrogen-bond donors (Lipinski definition) is 0. The normalized spacial score (nSPS) is 12.7. The summed E-state index contributed by atoms with van der Waals surface area (Å²) in [6.45, 7) is 7.24. The van der Waals surface area contributed by atoms with Crippen LogP contribution in [0.25, 0.3) is 23.5 Å². The molecule has 0 spiro atoms. The van der Waals surface area contributed by atoms with Crippen LogP contribution >= 0.6 is 0 Å². The Balaban J connectivity index is 1.73. The van der Waals surface area contributed by atoms with E-state index in [1.807, 2.05) is 19.3 Å². The van der Waals surface area contributed by atoms with Crippen LogP contribution < -0.4 is 0 Å². The topological polar surface area (TPSA) is 35.0 Å². The first-order valence-electron chi connectivity index (χ1n) is 12.6. The number of aromatic nitrogens is 2. The molecule has 0 saturated carbocycles. The first-order chi connectivity index (χ1) is 15.7. The van der Waals surface area contributed by atoms with Gasteiger partial charge in [0.15, 0.2) is 5.82 Å². The molecular weight excluding hydrogens is 392 g/mol. The Morgan fingerprint density at radius 3 is 2.09 bits per heavy atom. The van der Waals surface area contributed by atoms with Crippen molar-refractivity contribution in [3.63, 3.8) is 0 Å². The second-order valence-corrected chi connectivity index (χ2v) is 8.52. The molecule has 1 unspecified atom stereocenters. The Bertz CT molecular complexity index is 778. The smallest absolute Gasteiger partial charge is 0.159 e. The van der Waals surface area contributed by atoms with Gasteiger partial charge < -0.3 is 4.74 Å². The molecule has 1 aromatic heterocycles. The van der Waals surface area contributed by atoms with Crippen LogP contribution in [0.3, 0.4) is 0 Å². The van der Waals surface area contributed by atoms with Crippen LogP contribution in [0.15, 0.2) is 48.8 Å². The molecule has 3 heteroatoms. The zero-order valence-electron chi connectivity index (χ0n) is 20.4. The predicted octanol–water partition coefficient (Wildman–Crippen LogP) is 8.52. The Labute approximate surface area is 196 Å². The zero-order chi connectivity index (χ0) is 22.9. The number of ether oxygens (including phenoxy) is 1. The maximum atomic E-state index is 5.57. The second kappa shape index (κ2) is 16.4. The zero-order valence-corrected chi connectivity index (χ0v) is 20.4. The highest BCUT2D eigenvalue weighted by Gasteiger charge is 2.01. The number of rotatable bonds is 16. The van der Waals surface area contributed by atoms with Gasteiger partial charge in [0.2, 0.25) is 0 Å². The first-order valence-corrected chi connectivity index (χ1v) is 12.6. The van der Waals surface area contributed by atoms with E-state index in [1.54, 1.807) is 0 Å². The summed E-state index contributed by atoms with van der Waals surface area (Å²) in [4.78, 5) is 9.09. The highest BCUT2D eigenvalue weighted by molar-refractivity contribution is 5.60. The molecule has 0 amide bonds. The minimum Gasteiger partial charge on any atom is -0.379 e. The summed E-state index contributed by atoms with van der Waals surface area (Å²) in [6, 6.07) is 8.50. The Morgan fingerprint density at radius 1 is 0.781 bits per heavy atom. The van der Waals surface area contributed by atoms with Crippen LogP contribution in [-0.4, -0.2) is 22.7 Å². The molecule has 0 bridgehead atoms. The van der Waals surface area contributed by atoms with Gasteiger partial charge in [0.1, 0.15) is 0 Å². The van der Waals surface area contributed by atoms with Gasteiger partial charge in [0, 0.05) is 30.1 Å². The quantitative estimate of drug-likeness (QED) is 0.248. The van der Waals surface area contributed by atoms with Gasteiger partial charge >= 0.3 is 0 Å². The summed E-state index contributed by atoms with van der Waals surface area (Å²) < 4.78 is 5.57. The molecule has 0 aliphatic carbocycles. The lowest BCUT2D eigenvalue weighted by Gasteiger charge is -2.09. The highest BCUT2D eigenvalue weighted by Crippen LogP contribution is 2.17. The molecule has 0 radical (unpaired) electrons. The third kappa shape index (κ3) is 10.9. The maximum absolute atomic E-state index is 5.57. The van der Waals surface area contributed by atoms with Crippen molar-refractivity contribution in [2.75, 3.05) is 6.61 Å². The van der Waals surface area contributed by atoms with E-state index in [0.717, 1.165) is 49.2 Å². The van der Waals surface area contributed by atoms with Crippen molar-refractivity contribution < 1.29 is 4.74 Å². The molecule has 0 aliphatic heterocycles. The second-order valence-electron chi connectivity index (χ2n) is 8.52. The molecule has 1 atom stereocenters. The summed E-state index contributed by atoms with van der Waals surface area (Å²) in [5, 5.41) is 0. The lowest BCUT2D eigenvalue weighted by molar-refractivity contribution is 0.0691. The van der Waals surface area contributed by atoms with E-state index in [-0.39, 0.29) is 0 Å². The number of allylic oxidation sites excluding steroid dienone is 2. The number of unbranched alkanes of at least 4 members (excludes halogenated alkanes) is 7. The number of benzene rings is 1. The van der Waals surface area contributed by atoms with Gasteiger partial charge in [-0.3, -0.25) is 0 Å². The van der Waals surface area contributed by atoms with Gasteiger partial charge in [-0.1, -0.05) is 87.6 Å². The summed E-state index contributed by atoms with van der Waals surface area (Å²) >= 11 is 0. The summed E-state index contributed by atoms with van der Waals surface area (Å²) in [7, 11) is 0. The fraction of sp³-hybridized carbons (Fsp3) is 0.517. The van der Waals surface area contributed by atoms with Gasteiger partial charge in [-0.2, -0.15) is 0 Å². The van der Waals surface area contributed by atoms with Gasteiger partial charge in [-0.05, 0) is 51.5 Å². The van der Waals surface area contributed by atoms with Crippen LogP contribution in [0.4, 0.5) is 0 Å². The van der Waals surface area contributed by atoms with E-state index in [4.69, 9.17) is 4.74 Å². The molecule has 0 fully saturated rings. The van der Waals surface area contributed by atoms with Crippen molar-refractivity contribution in [1.29, 1.82) is 0 Å². The molecule has 32 heavy (non-hydrogen) atoms. The van der Waals surface area contributed by atoms with Gasteiger partial charge in [0.05, 0.1) is 6.10 Å². The molecule has 174 valence electrons. The van der Waals surface area contributed by atoms with Crippen LogP contribution in [-0.2, 0) is 4.74 Å². The van der Waals surface area contributed by atoms with E-state index in [1.165, 1.54) is 44.1 Å². The molecule has 1 heterocycles. The Kier molecular flexibility index (Phi) is 13.3. The molecule has 0 N–H and O–H groups in total. The van der Waals surface area contributed by atoms with E-state index < -0.39 is 0 Å². The lowest BCUT2D eigenvalue weighted by Crippen LogP contribution is -2.06. The monoisotopic (exact) mass is 434 g/mol. The Morgan fingerprint density at radius 2 is 1.41 bits per heavy atom. The van der Waals surface area contributed by atoms with Crippen molar-refractivity contribution >= 4 is 12.2 Å². The minimum absolute atomic E-state index is 0.346. The third-order valence-corrected chi connectivity index (χ3v) is 5.62. The molecule has 3 nitrogen and oxygen atoms in total. The Hall–Kier alpha value is -2.26. The number of hydrogen-bond acceptors (Lipinski definition) is 3. The SMILES string of the molecule is CCCCCCCCC=Cc1ccc(-c2ncc(C=CCCCC(C)OCC)cn2)cc1. The molecule has 0 aliphatic rings. The highest BCUT2D eigenvalue weighted by atomic mass is 16.5.